The molecule has 2 saturated heterocycles. The molecule has 2 aromatic carbocycles. The van der Waals surface area contributed by atoms with Crippen molar-refractivity contribution < 1.29 is 31.9 Å². The minimum absolute atomic E-state index is 0.150. The van der Waals surface area contributed by atoms with Crippen LogP contribution in [0.25, 0.3) is 0 Å². The maximum absolute atomic E-state index is 14.0. The van der Waals surface area contributed by atoms with Crippen LogP contribution in [0.5, 0.6) is 0 Å². The average molecular weight is 480 g/mol. The van der Waals surface area contributed by atoms with Crippen LogP contribution in [-0.2, 0) is 4.74 Å². The summed E-state index contributed by atoms with van der Waals surface area (Å²) in [5, 5.41) is 5.94. The molecule has 2 aliphatic heterocycles. The van der Waals surface area contributed by atoms with Crippen LogP contribution in [0.2, 0.25) is 0 Å². The zero-order chi connectivity index (χ0) is 24.2. The van der Waals surface area contributed by atoms with Crippen LogP contribution in [0, 0.1) is 23.3 Å². The van der Waals surface area contributed by atoms with Gasteiger partial charge in [-0.1, -0.05) is 6.07 Å². The number of carbonyl (C=O) groups is 2. The lowest BCUT2D eigenvalue weighted by atomic mass is 10.0. The van der Waals surface area contributed by atoms with Gasteiger partial charge in [0.25, 0.3) is 0 Å². The number of halogens is 4. The average Bonchev–Trinajstić information content (AvgIpc) is 3.20. The second kappa shape index (κ2) is 10.3. The van der Waals surface area contributed by atoms with Crippen LogP contribution in [0.3, 0.4) is 0 Å². The van der Waals surface area contributed by atoms with E-state index in [1.807, 2.05) is 4.90 Å². The van der Waals surface area contributed by atoms with Gasteiger partial charge in [-0.3, -0.25) is 0 Å². The Hall–Kier alpha value is -3.34. The third-order valence-electron chi connectivity index (χ3n) is 6.00. The summed E-state index contributed by atoms with van der Waals surface area (Å²) in [6, 6.07) is 5.32. The number of benzene rings is 2. The van der Waals surface area contributed by atoms with Crippen molar-refractivity contribution in [3.63, 3.8) is 0 Å². The van der Waals surface area contributed by atoms with Crippen LogP contribution in [0.15, 0.2) is 36.4 Å². The minimum atomic E-state index is -1.07. The van der Waals surface area contributed by atoms with Crippen molar-refractivity contribution in [2.75, 3.05) is 37.7 Å². The van der Waals surface area contributed by atoms with Crippen LogP contribution >= 0.6 is 0 Å². The Morgan fingerprint density at radius 1 is 0.971 bits per heavy atom. The minimum Gasteiger partial charge on any atom is -0.446 e. The third-order valence-corrected chi connectivity index (χ3v) is 6.00. The number of amides is 3. The number of hydrogen-bond donors (Lipinski definition) is 2. The Bertz CT molecular complexity index is 1060. The van der Waals surface area contributed by atoms with Crippen molar-refractivity contribution in [2.24, 2.45) is 0 Å². The maximum atomic E-state index is 14.0. The molecule has 0 radical (unpaired) electrons. The van der Waals surface area contributed by atoms with Gasteiger partial charge < -0.3 is 20.3 Å². The molecule has 0 aliphatic carbocycles. The molecule has 0 saturated carbocycles. The SMILES string of the molecule is O=C(NCCNC1CCN(c2ccc(F)cc2F)CC1)N1C(=O)OCC1c1ccc(F)c(F)c1. The van der Waals surface area contributed by atoms with Crippen LogP contribution < -0.4 is 15.5 Å². The van der Waals surface area contributed by atoms with Crippen molar-refractivity contribution in [3.8, 4) is 0 Å². The van der Waals surface area contributed by atoms with Gasteiger partial charge in [0.15, 0.2) is 11.6 Å². The van der Waals surface area contributed by atoms with E-state index in [0.29, 0.717) is 25.3 Å². The molecule has 2 N–H and O–H groups in total. The number of ether oxygens (including phenoxy) is 1. The highest BCUT2D eigenvalue weighted by Gasteiger charge is 2.39. The Kier molecular flexibility index (Phi) is 7.20. The molecule has 0 spiro atoms. The van der Waals surface area contributed by atoms with Gasteiger partial charge >= 0.3 is 12.1 Å². The van der Waals surface area contributed by atoms with E-state index in [2.05, 4.69) is 10.6 Å². The Morgan fingerprint density at radius 3 is 2.44 bits per heavy atom. The molecule has 4 rings (SSSR count). The molecule has 34 heavy (non-hydrogen) atoms. The summed E-state index contributed by atoms with van der Waals surface area (Å²) < 4.78 is 58.8. The van der Waals surface area contributed by atoms with E-state index in [1.54, 1.807) is 0 Å². The highest BCUT2D eigenvalue weighted by atomic mass is 19.2. The van der Waals surface area contributed by atoms with E-state index in [0.717, 1.165) is 35.9 Å². The monoisotopic (exact) mass is 480 g/mol. The number of rotatable bonds is 6. The molecule has 2 fully saturated rings. The highest BCUT2D eigenvalue weighted by Crippen LogP contribution is 2.29. The maximum Gasteiger partial charge on any atom is 0.418 e. The molecule has 7 nitrogen and oxygen atoms in total. The van der Waals surface area contributed by atoms with Gasteiger partial charge in [0.1, 0.15) is 24.3 Å². The molecular formula is C23H24F4N4O3. The molecule has 2 aliphatic rings. The summed E-state index contributed by atoms with van der Waals surface area (Å²) >= 11 is 0. The quantitative estimate of drug-likeness (QED) is 0.487. The normalized spacial score (nSPS) is 18.8. The Balaban J connectivity index is 1.22. The van der Waals surface area contributed by atoms with Crippen molar-refractivity contribution in [2.45, 2.75) is 24.9 Å². The number of carbonyl (C=O) groups excluding carboxylic acids is 2. The topological polar surface area (TPSA) is 73.9 Å². The number of anilines is 1. The summed E-state index contributed by atoms with van der Waals surface area (Å²) in [6.45, 7) is 1.70. The first kappa shape index (κ1) is 23.8. The van der Waals surface area contributed by atoms with E-state index in [1.165, 1.54) is 18.2 Å². The second-order valence-corrected chi connectivity index (χ2v) is 8.18. The summed E-state index contributed by atoms with van der Waals surface area (Å²) in [4.78, 5) is 27.3. The molecule has 2 heterocycles. The molecule has 1 unspecified atom stereocenters. The first-order valence-corrected chi connectivity index (χ1v) is 11.0. The molecule has 1 atom stereocenters. The molecule has 0 aromatic heterocycles. The number of cyclic esters (lactones) is 1. The van der Waals surface area contributed by atoms with Gasteiger partial charge in [0.2, 0.25) is 0 Å². The van der Waals surface area contributed by atoms with Gasteiger partial charge in [-0.2, -0.15) is 0 Å². The number of nitrogens with one attached hydrogen (secondary N) is 2. The number of piperidine rings is 1. The van der Waals surface area contributed by atoms with Gasteiger partial charge in [-0.05, 0) is 42.7 Å². The van der Waals surface area contributed by atoms with Crippen LogP contribution in [-0.4, -0.2) is 55.9 Å². The second-order valence-electron chi connectivity index (χ2n) is 8.18. The standard InChI is InChI=1S/C23H24F4N4O3/c24-15-2-4-20(19(27)12-15)30-9-5-16(6-10-30)28-7-8-29-22(32)31-21(13-34-23(31)33)14-1-3-17(25)18(26)11-14/h1-4,11-12,16,21,28H,5-10,13H2,(H,29,32). The predicted octanol–water partition coefficient (Wildman–Crippen LogP) is 3.70. The lowest BCUT2D eigenvalue weighted by Gasteiger charge is -2.34. The molecule has 0 bridgehead atoms. The fourth-order valence-corrected chi connectivity index (χ4v) is 4.20. The van der Waals surface area contributed by atoms with Crippen LogP contribution in [0.4, 0.5) is 32.8 Å². The van der Waals surface area contributed by atoms with Crippen molar-refractivity contribution in [1.29, 1.82) is 0 Å². The first-order chi connectivity index (χ1) is 16.3. The summed E-state index contributed by atoms with van der Waals surface area (Å²) in [6.07, 6.45) is 0.614. The zero-order valence-corrected chi connectivity index (χ0v) is 18.2. The van der Waals surface area contributed by atoms with Crippen molar-refractivity contribution in [1.82, 2.24) is 15.5 Å². The third kappa shape index (κ3) is 5.24. The van der Waals surface area contributed by atoms with Gasteiger partial charge in [-0.15, -0.1) is 0 Å². The fourth-order valence-electron chi connectivity index (χ4n) is 4.20. The first-order valence-electron chi connectivity index (χ1n) is 11.0. The number of urea groups is 1. The molecule has 182 valence electrons. The van der Waals surface area contributed by atoms with Crippen LogP contribution in [0.1, 0.15) is 24.4 Å². The molecule has 11 heteroatoms. The van der Waals surface area contributed by atoms with E-state index in [9.17, 15) is 27.2 Å². The zero-order valence-electron chi connectivity index (χ0n) is 18.2. The van der Waals surface area contributed by atoms with E-state index in [-0.39, 0.29) is 24.8 Å². The molecule has 2 aromatic rings. The Labute approximate surface area is 193 Å². The number of nitrogens with zero attached hydrogens (tertiary/aromatic N) is 2. The van der Waals surface area contributed by atoms with Gasteiger partial charge in [0, 0.05) is 38.3 Å². The van der Waals surface area contributed by atoms with Crippen molar-refractivity contribution >= 4 is 17.8 Å². The lowest BCUT2D eigenvalue weighted by Crippen LogP contribution is -2.47. The lowest BCUT2D eigenvalue weighted by molar-refractivity contribution is 0.158. The highest BCUT2D eigenvalue weighted by molar-refractivity contribution is 5.92. The van der Waals surface area contributed by atoms with E-state index >= 15 is 0 Å². The smallest absolute Gasteiger partial charge is 0.418 e. The predicted molar refractivity (Wildman–Crippen MR) is 115 cm³/mol. The molecular weight excluding hydrogens is 456 g/mol. The van der Waals surface area contributed by atoms with E-state index in [4.69, 9.17) is 4.74 Å². The Morgan fingerprint density at radius 2 is 1.74 bits per heavy atom. The number of imide groups is 1. The van der Waals surface area contributed by atoms with E-state index < -0.39 is 41.4 Å². The van der Waals surface area contributed by atoms with Gasteiger partial charge in [0.05, 0.1) is 5.69 Å². The van der Waals surface area contributed by atoms with Crippen molar-refractivity contribution in [3.05, 3.63) is 65.2 Å². The van der Waals surface area contributed by atoms with Gasteiger partial charge in [-0.25, -0.2) is 32.1 Å². The summed E-state index contributed by atoms with van der Waals surface area (Å²) in [5.41, 5.74) is 0.627. The summed E-state index contributed by atoms with van der Waals surface area (Å²) in [5.74, 6) is -3.30. The molecule has 3 amide bonds. The largest absolute Gasteiger partial charge is 0.446 e. The number of hydrogen-bond acceptors (Lipinski definition) is 5. The fraction of sp³-hybridized carbons (Fsp3) is 0.391. The summed E-state index contributed by atoms with van der Waals surface area (Å²) in [7, 11) is 0.